The van der Waals surface area contributed by atoms with Crippen molar-refractivity contribution in [3.63, 3.8) is 0 Å². The maximum Gasteiger partial charge on any atom is 0.266 e. The van der Waals surface area contributed by atoms with Crippen molar-refractivity contribution in [3.8, 4) is 11.4 Å². The summed E-state index contributed by atoms with van der Waals surface area (Å²) < 4.78 is 8.37. The lowest BCUT2D eigenvalue weighted by atomic mass is 10.2. The zero-order chi connectivity index (χ0) is 15.9. The monoisotopic (exact) mass is 422 g/mol. The number of hydrogen-bond acceptors (Lipinski definition) is 3. The van der Waals surface area contributed by atoms with E-state index in [1.54, 1.807) is 17.7 Å². The Hall–Kier alpha value is -1.66. The second-order valence-corrected chi connectivity index (χ2v) is 6.55. The number of nitrogens with zero attached hydrogens (tertiary/aromatic N) is 2. The highest BCUT2D eigenvalue weighted by Gasteiger charge is 2.13. The maximum atomic E-state index is 12.9. The van der Waals surface area contributed by atoms with Crippen molar-refractivity contribution < 1.29 is 4.74 Å². The van der Waals surface area contributed by atoms with Crippen LogP contribution in [0.15, 0.2) is 50.1 Å². The predicted octanol–water partition coefficient (Wildman–Crippen LogP) is 4.23. The predicted molar refractivity (Wildman–Crippen MR) is 94.0 cm³/mol. The van der Waals surface area contributed by atoms with Gasteiger partial charge < -0.3 is 4.74 Å². The second-order valence-electron chi connectivity index (χ2n) is 4.78. The van der Waals surface area contributed by atoms with E-state index in [4.69, 9.17) is 4.74 Å². The molecule has 0 amide bonds. The van der Waals surface area contributed by atoms with Gasteiger partial charge in [-0.25, -0.2) is 4.98 Å². The molecule has 0 radical (unpaired) electrons. The zero-order valence-electron chi connectivity index (χ0n) is 11.9. The Morgan fingerprint density at radius 2 is 1.82 bits per heavy atom. The van der Waals surface area contributed by atoms with Gasteiger partial charge >= 0.3 is 0 Å². The lowest BCUT2D eigenvalue weighted by Crippen LogP contribution is -2.22. The number of ether oxygens (including phenoxy) is 1. The molecule has 0 N–H and O–H groups in total. The molecule has 22 heavy (non-hydrogen) atoms. The second kappa shape index (κ2) is 5.85. The summed E-state index contributed by atoms with van der Waals surface area (Å²) in [4.78, 5) is 17.4. The molecule has 0 bridgehead atoms. The number of halogens is 2. The smallest absolute Gasteiger partial charge is 0.266 e. The first-order valence-corrected chi connectivity index (χ1v) is 8.12. The van der Waals surface area contributed by atoms with Crippen LogP contribution in [0, 0.1) is 6.92 Å². The van der Waals surface area contributed by atoms with E-state index in [0.29, 0.717) is 16.7 Å². The topological polar surface area (TPSA) is 44.1 Å². The number of methoxy groups -OCH3 is 1. The van der Waals surface area contributed by atoms with Gasteiger partial charge in [-0.15, -0.1) is 0 Å². The standard InChI is InChI=1S/C16H12Br2N2O2/c1-9-19-15-13(7-10(17)8-14(15)18)16(21)20(9)11-3-5-12(22-2)6-4-11/h3-8H,1-2H3. The van der Waals surface area contributed by atoms with Gasteiger partial charge in [-0.05, 0) is 59.3 Å². The molecular formula is C16H12Br2N2O2. The molecule has 0 aliphatic rings. The van der Waals surface area contributed by atoms with Crippen molar-refractivity contribution in [2.45, 2.75) is 6.92 Å². The molecule has 0 aliphatic carbocycles. The van der Waals surface area contributed by atoms with Crippen molar-refractivity contribution in [1.82, 2.24) is 9.55 Å². The molecule has 3 aromatic rings. The van der Waals surface area contributed by atoms with Crippen molar-refractivity contribution in [2.75, 3.05) is 7.11 Å². The number of hydrogen-bond donors (Lipinski definition) is 0. The van der Waals surface area contributed by atoms with Gasteiger partial charge in [-0.2, -0.15) is 0 Å². The molecule has 0 spiro atoms. The summed E-state index contributed by atoms with van der Waals surface area (Å²) in [6, 6.07) is 11.0. The summed E-state index contributed by atoms with van der Waals surface area (Å²) in [7, 11) is 1.61. The van der Waals surface area contributed by atoms with Crippen molar-refractivity contribution in [3.05, 3.63) is 61.5 Å². The van der Waals surface area contributed by atoms with Gasteiger partial charge in [0.25, 0.3) is 5.56 Å². The van der Waals surface area contributed by atoms with Crippen LogP contribution in [0.3, 0.4) is 0 Å². The molecule has 6 heteroatoms. The maximum absolute atomic E-state index is 12.9. The third kappa shape index (κ3) is 2.57. The Labute approximate surface area is 144 Å². The molecule has 3 rings (SSSR count). The quantitative estimate of drug-likeness (QED) is 0.619. The molecular weight excluding hydrogens is 412 g/mol. The van der Waals surface area contributed by atoms with E-state index in [-0.39, 0.29) is 5.56 Å². The third-order valence-corrected chi connectivity index (χ3v) is 4.45. The number of fused-ring (bicyclic) bond motifs is 1. The van der Waals surface area contributed by atoms with E-state index < -0.39 is 0 Å². The van der Waals surface area contributed by atoms with Gasteiger partial charge in [0.2, 0.25) is 0 Å². The number of benzene rings is 2. The first-order chi connectivity index (χ1) is 10.5. The molecule has 0 saturated heterocycles. The van der Waals surface area contributed by atoms with Crippen LogP contribution in [0.4, 0.5) is 0 Å². The molecule has 112 valence electrons. The van der Waals surface area contributed by atoms with E-state index in [2.05, 4.69) is 36.8 Å². The largest absolute Gasteiger partial charge is 0.497 e. The van der Waals surface area contributed by atoms with Crippen LogP contribution in [0.2, 0.25) is 0 Å². The van der Waals surface area contributed by atoms with Gasteiger partial charge in [0, 0.05) is 8.95 Å². The fourth-order valence-electron chi connectivity index (χ4n) is 2.36. The summed E-state index contributed by atoms with van der Waals surface area (Å²) in [5, 5.41) is 0.558. The summed E-state index contributed by atoms with van der Waals surface area (Å²) >= 11 is 6.87. The molecule has 0 unspecified atom stereocenters. The molecule has 2 aromatic carbocycles. The Balaban J connectivity index is 2.32. The lowest BCUT2D eigenvalue weighted by Gasteiger charge is -2.12. The SMILES string of the molecule is COc1ccc(-n2c(C)nc3c(Br)cc(Br)cc3c2=O)cc1. The minimum absolute atomic E-state index is 0.102. The highest BCUT2D eigenvalue weighted by atomic mass is 79.9. The highest BCUT2D eigenvalue weighted by Crippen LogP contribution is 2.26. The Kier molecular flexibility index (Phi) is 4.06. The van der Waals surface area contributed by atoms with Crippen LogP contribution >= 0.6 is 31.9 Å². The summed E-state index contributed by atoms with van der Waals surface area (Å²) in [5.74, 6) is 1.37. The average molecular weight is 424 g/mol. The van der Waals surface area contributed by atoms with Crippen molar-refractivity contribution in [2.24, 2.45) is 0 Å². The van der Waals surface area contributed by atoms with Crippen LogP contribution < -0.4 is 10.3 Å². The van der Waals surface area contributed by atoms with Gasteiger partial charge in [-0.1, -0.05) is 15.9 Å². The fraction of sp³-hybridized carbons (Fsp3) is 0.125. The van der Waals surface area contributed by atoms with Gasteiger partial charge in [0.15, 0.2) is 0 Å². The highest BCUT2D eigenvalue weighted by molar-refractivity contribution is 9.11. The zero-order valence-corrected chi connectivity index (χ0v) is 15.1. The van der Waals surface area contributed by atoms with Crippen molar-refractivity contribution >= 4 is 42.8 Å². The molecule has 0 saturated carbocycles. The fourth-order valence-corrected chi connectivity index (χ4v) is 3.67. The van der Waals surface area contributed by atoms with E-state index >= 15 is 0 Å². The van der Waals surface area contributed by atoms with Gasteiger partial charge in [0.05, 0.1) is 23.7 Å². The van der Waals surface area contributed by atoms with Crippen LogP contribution in [-0.2, 0) is 0 Å². The van der Waals surface area contributed by atoms with E-state index in [1.807, 2.05) is 37.3 Å². The summed E-state index contributed by atoms with van der Waals surface area (Å²) in [6.45, 7) is 1.82. The minimum atomic E-state index is -0.102. The Morgan fingerprint density at radius 1 is 1.14 bits per heavy atom. The average Bonchev–Trinajstić information content (AvgIpc) is 2.49. The molecule has 1 aromatic heterocycles. The van der Waals surface area contributed by atoms with Crippen molar-refractivity contribution in [1.29, 1.82) is 0 Å². The van der Waals surface area contributed by atoms with Crippen LogP contribution in [-0.4, -0.2) is 16.7 Å². The first-order valence-electron chi connectivity index (χ1n) is 6.54. The van der Waals surface area contributed by atoms with Gasteiger partial charge in [-0.3, -0.25) is 9.36 Å². The molecule has 1 heterocycles. The van der Waals surface area contributed by atoms with Crippen LogP contribution in [0.5, 0.6) is 5.75 Å². The Morgan fingerprint density at radius 3 is 2.45 bits per heavy atom. The van der Waals surface area contributed by atoms with Crippen LogP contribution in [0.1, 0.15) is 5.82 Å². The van der Waals surface area contributed by atoms with Gasteiger partial charge in [0.1, 0.15) is 11.6 Å². The number of rotatable bonds is 2. The minimum Gasteiger partial charge on any atom is -0.497 e. The van der Waals surface area contributed by atoms with E-state index in [0.717, 1.165) is 20.4 Å². The normalized spacial score (nSPS) is 10.9. The Bertz CT molecular complexity index is 918. The van der Waals surface area contributed by atoms with E-state index in [1.165, 1.54) is 0 Å². The number of aromatic nitrogens is 2. The first kappa shape index (κ1) is 15.2. The summed E-state index contributed by atoms with van der Waals surface area (Å²) in [5.41, 5.74) is 1.32. The number of aryl methyl sites for hydroxylation is 1. The van der Waals surface area contributed by atoms with Crippen LogP contribution in [0.25, 0.3) is 16.6 Å². The summed E-state index contributed by atoms with van der Waals surface area (Å²) in [6.07, 6.45) is 0. The molecule has 4 nitrogen and oxygen atoms in total. The van der Waals surface area contributed by atoms with E-state index in [9.17, 15) is 4.79 Å². The lowest BCUT2D eigenvalue weighted by molar-refractivity contribution is 0.414. The molecule has 0 fully saturated rings. The molecule has 0 aliphatic heterocycles. The third-order valence-electron chi connectivity index (χ3n) is 3.39. The molecule has 0 atom stereocenters.